The molecule has 0 saturated heterocycles. The number of aliphatic hydroxyl groups is 1. The van der Waals surface area contributed by atoms with Crippen LogP contribution in [0, 0.1) is 6.92 Å². The van der Waals surface area contributed by atoms with Gasteiger partial charge in [0, 0.05) is 11.0 Å². The van der Waals surface area contributed by atoms with E-state index in [1.807, 2.05) is 32.0 Å². The van der Waals surface area contributed by atoms with Crippen LogP contribution in [0.5, 0.6) is 0 Å². The molecule has 0 saturated carbocycles. The molecule has 18 heavy (non-hydrogen) atoms. The Bertz CT molecular complexity index is 568. The molecule has 1 aromatic heterocycles. The molecule has 0 aliphatic rings. The molecule has 3 nitrogen and oxygen atoms in total. The molecule has 1 N–H and O–H groups in total. The van der Waals surface area contributed by atoms with Crippen molar-refractivity contribution >= 4 is 27.5 Å². The van der Waals surface area contributed by atoms with Gasteiger partial charge in [-0.3, -0.25) is 4.68 Å². The fourth-order valence-electron chi connectivity index (χ4n) is 1.83. The molecule has 2 rings (SSSR count). The van der Waals surface area contributed by atoms with Crippen molar-refractivity contribution in [1.82, 2.24) is 9.78 Å². The Hall–Kier alpha value is -0.840. The number of hydrogen-bond acceptors (Lipinski definition) is 2. The molecule has 0 spiro atoms. The highest BCUT2D eigenvalue weighted by Gasteiger charge is 2.19. The summed E-state index contributed by atoms with van der Waals surface area (Å²) >= 11 is 9.55. The topological polar surface area (TPSA) is 38.0 Å². The van der Waals surface area contributed by atoms with E-state index in [-0.39, 0.29) is 0 Å². The lowest BCUT2D eigenvalue weighted by Gasteiger charge is -2.14. The lowest BCUT2D eigenvalue weighted by atomic mass is 10.0. The quantitative estimate of drug-likeness (QED) is 0.932. The molecular formula is C13H14BrClN2O. The van der Waals surface area contributed by atoms with Crippen LogP contribution in [-0.4, -0.2) is 14.9 Å². The minimum Gasteiger partial charge on any atom is -0.382 e. The van der Waals surface area contributed by atoms with E-state index in [0.717, 1.165) is 15.6 Å². The number of aliphatic hydroxyl groups excluding tert-OH is 1. The second kappa shape index (κ2) is 5.43. The summed E-state index contributed by atoms with van der Waals surface area (Å²) in [5.41, 5.74) is 2.56. The summed E-state index contributed by atoms with van der Waals surface area (Å²) in [7, 11) is 0. The van der Waals surface area contributed by atoms with Gasteiger partial charge in [-0.1, -0.05) is 39.7 Å². The highest BCUT2D eigenvalue weighted by molar-refractivity contribution is 9.10. The van der Waals surface area contributed by atoms with Crippen molar-refractivity contribution in [3.63, 3.8) is 0 Å². The maximum Gasteiger partial charge on any atom is 0.122 e. The van der Waals surface area contributed by atoms with Crippen molar-refractivity contribution in [1.29, 1.82) is 0 Å². The zero-order chi connectivity index (χ0) is 13.3. The lowest BCUT2D eigenvalue weighted by Crippen LogP contribution is -2.09. The standard InChI is InChI=1S/C13H14BrClN2O/c1-3-17-12(11(15)7-16-17)13(18)9-5-4-8(2)10(14)6-9/h4-7,13,18H,3H2,1-2H3. The first-order chi connectivity index (χ1) is 8.54. The molecule has 1 atom stereocenters. The highest BCUT2D eigenvalue weighted by Crippen LogP contribution is 2.30. The normalized spacial score (nSPS) is 12.7. The second-order valence-corrected chi connectivity index (χ2v) is 5.37. The Kier molecular flexibility index (Phi) is 4.10. The van der Waals surface area contributed by atoms with Crippen LogP contribution >= 0.6 is 27.5 Å². The fourth-order valence-corrected chi connectivity index (χ4v) is 2.47. The van der Waals surface area contributed by atoms with Crippen LogP contribution < -0.4 is 0 Å². The minimum atomic E-state index is -0.767. The van der Waals surface area contributed by atoms with E-state index in [1.54, 1.807) is 10.9 Å². The van der Waals surface area contributed by atoms with Crippen LogP contribution in [0.3, 0.4) is 0 Å². The van der Waals surface area contributed by atoms with E-state index in [4.69, 9.17) is 11.6 Å². The van der Waals surface area contributed by atoms with Crippen LogP contribution in [-0.2, 0) is 6.54 Å². The molecule has 96 valence electrons. The number of halogens is 2. The first-order valence-electron chi connectivity index (χ1n) is 5.70. The number of rotatable bonds is 3. The monoisotopic (exact) mass is 328 g/mol. The second-order valence-electron chi connectivity index (χ2n) is 4.10. The third kappa shape index (κ3) is 2.46. The van der Waals surface area contributed by atoms with Crippen molar-refractivity contribution in [3.8, 4) is 0 Å². The molecule has 0 aliphatic carbocycles. The maximum atomic E-state index is 10.4. The van der Waals surface area contributed by atoms with Gasteiger partial charge in [0.1, 0.15) is 6.10 Å². The third-order valence-electron chi connectivity index (χ3n) is 2.90. The molecule has 0 aliphatic heterocycles. The summed E-state index contributed by atoms with van der Waals surface area (Å²) in [6, 6.07) is 5.76. The SMILES string of the molecule is CCn1ncc(Cl)c1C(O)c1ccc(C)c(Br)c1. The van der Waals surface area contributed by atoms with Gasteiger partial charge in [-0.15, -0.1) is 0 Å². The first-order valence-corrected chi connectivity index (χ1v) is 6.87. The predicted octanol–water partition coefficient (Wildman–Crippen LogP) is 3.71. The van der Waals surface area contributed by atoms with Gasteiger partial charge in [0.2, 0.25) is 0 Å². The summed E-state index contributed by atoms with van der Waals surface area (Å²) in [5.74, 6) is 0. The van der Waals surface area contributed by atoms with Crippen LogP contribution in [0.2, 0.25) is 5.02 Å². The molecule has 1 heterocycles. The Morgan fingerprint density at radius 1 is 1.50 bits per heavy atom. The number of aryl methyl sites for hydroxylation is 2. The van der Waals surface area contributed by atoms with E-state index >= 15 is 0 Å². The van der Waals surface area contributed by atoms with Gasteiger partial charge in [-0.05, 0) is 31.0 Å². The minimum absolute atomic E-state index is 0.487. The van der Waals surface area contributed by atoms with Crippen LogP contribution in [0.4, 0.5) is 0 Å². The average molecular weight is 330 g/mol. The summed E-state index contributed by atoms with van der Waals surface area (Å²) in [5, 5.41) is 15.0. The van der Waals surface area contributed by atoms with Crippen molar-refractivity contribution in [2.45, 2.75) is 26.5 Å². The summed E-state index contributed by atoms with van der Waals surface area (Å²) in [6.45, 7) is 4.64. The molecule has 0 radical (unpaired) electrons. The fraction of sp³-hybridized carbons (Fsp3) is 0.308. The van der Waals surface area contributed by atoms with Gasteiger partial charge in [-0.25, -0.2) is 0 Å². The Labute approximate surface area is 120 Å². The van der Waals surface area contributed by atoms with Gasteiger partial charge in [0.15, 0.2) is 0 Å². The van der Waals surface area contributed by atoms with Crippen LogP contribution in [0.1, 0.15) is 29.8 Å². The van der Waals surface area contributed by atoms with Gasteiger partial charge >= 0.3 is 0 Å². The summed E-state index contributed by atoms with van der Waals surface area (Å²) in [6.07, 6.45) is 0.796. The van der Waals surface area contributed by atoms with E-state index in [9.17, 15) is 5.11 Å². The van der Waals surface area contributed by atoms with Crippen molar-refractivity contribution in [2.75, 3.05) is 0 Å². The van der Waals surface area contributed by atoms with E-state index < -0.39 is 6.10 Å². The maximum absolute atomic E-state index is 10.4. The van der Waals surface area contributed by atoms with Crippen LogP contribution in [0.25, 0.3) is 0 Å². The Morgan fingerprint density at radius 3 is 2.83 bits per heavy atom. The zero-order valence-corrected chi connectivity index (χ0v) is 12.5. The highest BCUT2D eigenvalue weighted by atomic mass is 79.9. The largest absolute Gasteiger partial charge is 0.382 e. The first kappa shape index (κ1) is 13.6. The Balaban J connectivity index is 2.44. The predicted molar refractivity (Wildman–Crippen MR) is 75.9 cm³/mol. The van der Waals surface area contributed by atoms with E-state index in [0.29, 0.717) is 17.3 Å². The van der Waals surface area contributed by atoms with Crippen LogP contribution in [0.15, 0.2) is 28.9 Å². The molecule has 0 fully saturated rings. The van der Waals surface area contributed by atoms with E-state index in [1.165, 1.54) is 0 Å². The molecule has 0 amide bonds. The van der Waals surface area contributed by atoms with Crippen molar-refractivity contribution in [2.24, 2.45) is 0 Å². The van der Waals surface area contributed by atoms with E-state index in [2.05, 4.69) is 21.0 Å². The zero-order valence-electron chi connectivity index (χ0n) is 10.2. The number of nitrogens with zero attached hydrogens (tertiary/aromatic N) is 2. The number of benzene rings is 1. The van der Waals surface area contributed by atoms with Gasteiger partial charge in [-0.2, -0.15) is 5.10 Å². The molecule has 0 bridgehead atoms. The number of hydrogen-bond donors (Lipinski definition) is 1. The molecule has 5 heteroatoms. The van der Waals surface area contributed by atoms with Crippen molar-refractivity contribution < 1.29 is 5.11 Å². The van der Waals surface area contributed by atoms with Crippen molar-refractivity contribution in [3.05, 3.63) is 50.7 Å². The lowest BCUT2D eigenvalue weighted by molar-refractivity contribution is 0.208. The third-order valence-corrected chi connectivity index (χ3v) is 4.05. The Morgan fingerprint density at radius 2 is 2.22 bits per heavy atom. The molecule has 1 unspecified atom stereocenters. The smallest absolute Gasteiger partial charge is 0.122 e. The molecule has 2 aromatic rings. The summed E-state index contributed by atoms with van der Waals surface area (Å²) in [4.78, 5) is 0. The average Bonchev–Trinajstić information content (AvgIpc) is 2.73. The van der Waals surface area contributed by atoms with Gasteiger partial charge < -0.3 is 5.11 Å². The number of aromatic nitrogens is 2. The molecule has 1 aromatic carbocycles. The van der Waals surface area contributed by atoms with Gasteiger partial charge in [0.25, 0.3) is 0 Å². The summed E-state index contributed by atoms with van der Waals surface area (Å²) < 4.78 is 2.68. The molecular weight excluding hydrogens is 316 g/mol. The van der Waals surface area contributed by atoms with Gasteiger partial charge in [0.05, 0.1) is 16.9 Å².